The van der Waals surface area contributed by atoms with E-state index in [2.05, 4.69) is 5.32 Å². The first-order valence-electron chi connectivity index (χ1n) is 8.41. The number of halogens is 1. The van der Waals surface area contributed by atoms with Gasteiger partial charge in [-0.2, -0.15) is 0 Å². The van der Waals surface area contributed by atoms with Gasteiger partial charge in [-0.15, -0.1) is 0 Å². The summed E-state index contributed by atoms with van der Waals surface area (Å²) in [5.74, 6) is -0.707. The number of anilines is 1. The number of hydrogen-bond acceptors (Lipinski definition) is 5. The lowest BCUT2D eigenvalue weighted by molar-refractivity contribution is -0.155. The number of Topliss-reactive ketones (excluding diaryl/α,β-unsaturated/α-hetero) is 1. The molecule has 0 aromatic heterocycles. The molecule has 0 radical (unpaired) electrons. The fourth-order valence-corrected chi connectivity index (χ4v) is 2.37. The number of carbonyl (C=O) groups excluding carboxylic acids is 3. The first kappa shape index (κ1) is 20.5. The number of carbonyl (C=O) groups is 3. The van der Waals surface area contributed by atoms with Gasteiger partial charge in [-0.3, -0.25) is 9.59 Å². The first-order valence-corrected chi connectivity index (χ1v) is 8.78. The van der Waals surface area contributed by atoms with Crippen molar-refractivity contribution in [2.75, 3.05) is 11.9 Å². The molecule has 0 bridgehead atoms. The van der Waals surface area contributed by atoms with Crippen LogP contribution in [0.3, 0.4) is 0 Å². The highest BCUT2D eigenvalue weighted by molar-refractivity contribution is 6.30. The molecule has 2 rings (SSSR count). The van der Waals surface area contributed by atoms with Crippen molar-refractivity contribution in [2.24, 2.45) is 0 Å². The van der Waals surface area contributed by atoms with Crippen molar-refractivity contribution >= 4 is 34.9 Å². The number of ketones is 1. The molecule has 0 saturated carbocycles. The molecular weight excluding hydrogens is 370 g/mol. The Hall–Kier alpha value is -2.86. The molecule has 1 N–H and O–H groups in total. The summed E-state index contributed by atoms with van der Waals surface area (Å²) in [7, 11) is 0. The third-order valence-electron chi connectivity index (χ3n) is 3.62. The van der Waals surface area contributed by atoms with E-state index in [4.69, 9.17) is 21.1 Å². The van der Waals surface area contributed by atoms with Gasteiger partial charge < -0.3 is 14.8 Å². The van der Waals surface area contributed by atoms with E-state index in [1.165, 1.54) is 6.92 Å². The molecule has 0 aliphatic rings. The molecular formula is C20H20ClNO5. The van der Waals surface area contributed by atoms with Gasteiger partial charge >= 0.3 is 5.97 Å². The number of esters is 1. The fourth-order valence-electron chi connectivity index (χ4n) is 2.18. The van der Waals surface area contributed by atoms with Gasteiger partial charge in [0.05, 0.1) is 0 Å². The minimum absolute atomic E-state index is 0.0282. The maximum absolute atomic E-state index is 12.1. The van der Waals surface area contributed by atoms with E-state index >= 15 is 0 Å². The molecule has 0 aliphatic heterocycles. The molecule has 0 heterocycles. The van der Waals surface area contributed by atoms with E-state index in [9.17, 15) is 14.4 Å². The van der Waals surface area contributed by atoms with Gasteiger partial charge in [0.25, 0.3) is 5.91 Å². The van der Waals surface area contributed by atoms with E-state index in [1.807, 2.05) is 0 Å². The first-order chi connectivity index (χ1) is 12.9. The third kappa shape index (κ3) is 6.42. The molecule has 2 aromatic carbocycles. The zero-order valence-corrected chi connectivity index (χ0v) is 15.8. The molecule has 6 nitrogen and oxygen atoms in total. The van der Waals surface area contributed by atoms with Gasteiger partial charge in [-0.25, -0.2) is 4.79 Å². The topological polar surface area (TPSA) is 81.7 Å². The average Bonchev–Trinajstić information content (AvgIpc) is 2.66. The third-order valence-corrected chi connectivity index (χ3v) is 3.86. The fraction of sp³-hybridized carbons (Fsp3) is 0.250. The lowest BCUT2D eigenvalue weighted by Gasteiger charge is -2.14. The molecule has 0 aliphatic carbocycles. The molecule has 27 heavy (non-hydrogen) atoms. The highest BCUT2D eigenvalue weighted by Crippen LogP contribution is 2.16. The monoisotopic (exact) mass is 389 g/mol. The average molecular weight is 390 g/mol. The molecule has 2 aromatic rings. The molecule has 0 unspecified atom stereocenters. The predicted molar refractivity (Wildman–Crippen MR) is 102 cm³/mol. The number of benzene rings is 2. The maximum Gasteiger partial charge on any atom is 0.344 e. The van der Waals surface area contributed by atoms with E-state index in [-0.39, 0.29) is 12.4 Å². The maximum atomic E-state index is 12.1. The van der Waals surface area contributed by atoms with Crippen LogP contribution in [0.1, 0.15) is 30.6 Å². The Kier molecular flexibility index (Phi) is 7.37. The Morgan fingerprint density at radius 2 is 1.81 bits per heavy atom. The summed E-state index contributed by atoms with van der Waals surface area (Å²) in [5.41, 5.74) is 1.09. The van der Waals surface area contributed by atoms with Gasteiger partial charge in [0.2, 0.25) is 0 Å². The summed E-state index contributed by atoms with van der Waals surface area (Å²) in [4.78, 5) is 35.5. The van der Waals surface area contributed by atoms with Crippen LogP contribution in [-0.2, 0) is 14.3 Å². The van der Waals surface area contributed by atoms with Crippen LogP contribution in [0.5, 0.6) is 5.75 Å². The summed E-state index contributed by atoms with van der Waals surface area (Å²) < 4.78 is 10.4. The second kappa shape index (κ2) is 9.73. The second-order valence-electron chi connectivity index (χ2n) is 5.72. The highest BCUT2D eigenvalue weighted by Gasteiger charge is 2.18. The van der Waals surface area contributed by atoms with Crippen molar-refractivity contribution in [2.45, 2.75) is 26.4 Å². The lowest BCUT2D eigenvalue weighted by atomic mass is 10.1. The predicted octanol–water partition coefficient (Wildman–Crippen LogP) is 3.88. The van der Waals surface area contributed by atoms with Crippen LogP contribution in [0.2, 0.25) is 5.02 Å². The van der Waals surface area contributed by atoms with Crippen LogP contribution in [-0.4, -0.2) is 30.4 Å². The van der Waals surface area contributed by atoms with Crippen LogP contribution < -0.4 is 10.1 Å². The lowest BCUT2D eigenvalue weighted by Crippen LogP contribution is -2.31. The minimum Gasteiger partial charge on any atom is -0.482 e. The normalized spacial score (nSPS) is 11.4. The Balaban J connectivity index is 1.80. The Morgan fingerprint density at radius 3 is 2.44 bits per heavy atom. The van der Waals surface area contributed by atoms with Gasteiger partial charge in [0, 0.05) is 22.7 Å². The SMILES string of the molecule is CCC(=O)c1ccc(OCC(=O)O[C@@H](C)C(=O)Nc2cccc(Cl)c2)cc1. The Morgan fingerprint density at radius 1 is 1.11 bits per heavy atom. The Bertz CT molecular complexity index is 819. The summed E-state index contributed by atoms with van der Waals surface area (Å²) in [6.45, 7) is 2.89. The number of ether oxygens (including phenoxy) is 2. The van der Waals surface area contributed by atoms with Crippen LogP contribution in [0.15, 0.2) is 48.5 Å². The highest BCUT2D eigenvalue weighted by atomic mass is 35.5. The zero-order chi connectivity index (χ0) is 19.8. The van der Waals surface area contributed by atoms with Crippen molar-refractivity contribution < 1.29 is 23.9 Å². The summed E-state index contributed by atoms with van der Waals surface area (Å²) in [6.07, 6.45) is -0.577. The Labute approximate surface area is 162 Å². The quantitative estimate of drug-likeness (QED) is 0.547. The van der Waals surface area contributed by atoms with Crippen LogP contribution >= 0.6 is 11.6 Å². The van der Waals surface area contributed by atoms with Crippen molar-refractivity contribution in [3.63, 3.8) is 0 Å². The molecule has 1 amide bonds. The molecule has 1 atom stereocenters. The van der Waals surface area contributed by atoms with Crippen molar-refractivity contribution in [1.82, 2.24) is 0 Å². The van der Waals surface area contributed by atoms with Gasteiger partial charge in [-0.1, -0.05) is 24.6 Å². The number of amides is 1. The summed E-state index contributed by atoms with van der Waals surface area (Å²) in [6, 6.07) is 13.1. The van der Waals surface area contributed by atoms with Gasteiger partial charge in [-0.05, 0) is 49.4 Å². The van der Waals surface area contributed by atoms with E-state index in [1.54, 1.807) is 55.5 Å². The van der Waals surface area contributed by atoms with Crippen LogP contribution in [0, 0.1) is 0 Å². The van der Waals surface area contributed by atoms with E-state index in [0.717, 1.165) is 0 Å². The second-order valence-corrected chi connectivity index (χ2v) is 6.16. The van der Waals surface area contributed by atoms with E-state index < -0.39 is 18.0 Å². The zero-order valence-electron chi connectivity index (χ0n) is 15.0. The summed E-state index contributed by atoms with van der Waals surface area (Å²) in [5, 5.41) is 3.09. The van der Waals surface area contributed by atoms with Crippen molar-refractivity contribution in [3.05, 3.63) is 59.1 Å². The molecule has 0 fully saturated rings. The van der Waals surface area contributed by atoms with Gasteiger partial charge in [0.15, 0.2) is 18.5 Å². The smallest absolute Gasteiger partial charge is 0.344 e. The van der Waals surface area contributed by atoms with Gasteiger partial charge in [0.1, 0.15) is 5.75 Å². The standard InChI is InChI=1S/C20H20ClNO5/c1-3-18(23)14-7-9-17(10-8-14)26-12-19(24)27-13(2)20(25)22-16-6-4-5-15(21)11-16/h4-11,13H,3,12H2,1-2H3,(H,22,25)/t13-/m0/s1. The summed E-state index contributed by atoms with van der Waals surface area (Å²) >= 11 is 5.86. The number of nitrogens with one attached hydrogen (secondary N) is 1. The van der Waals surface area contributed by atoms with Crippen molar-refractivity contribution in [3.8, 4) is 5.75 Å². The molecule has 142 valence electrons. The minimum atomic E-state index is -0.996. The largest absolute Gasteiger partial charge is 0.482 e. The molecule has 0 spiro atoms. The molecule has 7 heteroatoms. The molecule has 0 saturated heterocycles. The van der Waals surface area contributed by atoms with E-state index in [0.29, 0.717) is 28.4 Å². The number of hydrogen-bond donors (Lipinski definition) is 1. The van der Waals surface area contributed by atoms with Crippen LogP contribution in [0.25, 0.3) is 0 Å². The van der Waals surface area contributed by atoms with Crippen LogP contribution in [0.4, 0.5) is 5.69 Å². The number of rotatable bonds is 8. The van der Waals surface area contributed by atoms with Crippen molar-refractivity contribution in [1.29, 1.82) is 0 Å².